The van der Waals surface area contributed by atoms with Crippen molar-refractivity contribution in [3.8, 4) is 5.75 Å². The van der Waals surface area contributed by atoms with E-state index in [0.29, 0.717) is 6.61 Å². The molecule has 3 aromatic carbocycles. The third-order valence-corrected chi connectivity index (χ3v) is 3.77. The van der Waals surface area contributed by atoms with Gasteiger partial charge < -0.3 is 10.1 Å². The molecule has 0 bridgehead atoms. The number of anilines is 1. The maximum atomic E-state index is 12.9. The van der Waals surface area contributed by atoms with E-state index in [2.05, 4.69) is 42.6 Å². The summed E-state index contributed by atoms with van der Waals surface area (Å²) in [5.41, 5.74) is 4.43. The molecular formula is C21H20FNO. The Kier molecular flexibility index (Phi) is 5.12. The first-order chi connectivity index (χ1) is 11.7. The summed E-state index contributed by atoms with van der Waals surface area (Å²) in [6.45, 7) is 3.23. The van der Waals surface area contributed by atoms with Gasteiger partial charge in [-0.3, -0.25) is 0 Å². The average Bonchev–Trinajstić information content (AvgIpc) is 2.61. The van der Waals surface area contributed by atoms with E-state index in [1.165, 1.54) is 17.7 Å². The third kappa shape index (κ3) is 4.59. The quantitative estimate of drug-likeness (QED) is 0.663. The minimum atomic E-state index is -0.233. The van der Waals surface area contributed by atoms with E-state index in [0.717, 1.165) is 29.1 Å². The summed E-state index contributed by atoms with van der Waals surface area (Å²) < 4.78 is 18.7. The smallest absolute Gasteiger partial charge is 0.123 e. The molecule has 0 saturated carbocycles. The summed E-state index contributed by atoms with van der Waals surface area (Å²) in [7, 11) is 0. The van der Waals surface area contributed by atoms with Crippen LogP contribution in [0.3, 0.4) is 0 Å². The normalized spacial score (nSPS) is 10.4. The van der Waals surface area contributed by atoms with Crippen LogP contribution >= 0.6 is 0 Å². The van der Waals surface area contributed by atoms with Crippen LogP contribution in [0.15, 0.2) is 72.8 Å². The van der Waals surface area contributed by atoms with E-state index in [4.69, 9.17) is 4.74 Å². The van der Waals surface area contributed by atoms with Gasteiger partial charge in [0, 0.05) is 12.2 Å². The van der Waals surface area contributed by atoms with Crippen molar-refractivity contribution in [1.82, 2.24) is 0 Å². The molecule has 0 aromatic heterocycles. The van der Waals surface area contributed by atoms with Crippen molar-refractivity contribution in [2.45, 2.75) is 20.1 Å². The molecule has 0 radical (unpaired) electrons. The Morgan fingerprint density at radius 3 is 2.38 bits per heavy atom. The van der Waals surface area contributed by atoms with Crippen molar-refractivity contribution in [2.75, 3.05) is 5.32 Å². The molecule has 0 amide bonds. The monoisotopic (exact) mass is 321 g/mol. The fourth-order valence-electron chi connectivity index (χ4n) is 2.37. The lowest BCUT2D eigenvalue weighted by molar-refractivity contribution is 0.306. The van der Waals surface area contributed by atoms with Gasteiger partial charge in [0.15, 0.2) is 0 Å². The van der Waals surface area contributed by atoms with Gasteiger partial charge >= 0.3 is 0 Å². The van der Waals surface area contributed by atoms with Crippen molar-refractivity contribution in [2.24, 2.45) is 0 Å². The van der Waals surface area contributed by atoms with Crippen LogP contribution in [0.25, 0.3) is 0 Å². The van der Waals surface area contributed by atoms with E-state index in [-0.39, 0.29) is 5.82 Å². The number of hydrogen-bond donors (Lipinski definition) is 1. The van der Waals surface area contributed by atoms with Gasteiger partial charge in [-0.25, -0.2) is 4.39 Å². The SMILES string of the molecule is Cc1ccc(NCc2cccc(OCc3ccc(F)cc3)c2)cc1. The lowest BCUT2D eigenvalue weighted by Gasteiger charge is -2.10. The lowest BCUT2D eigenvalue weighted by atomic mass is 10.2. The number of benzene rings is 3. The maximum absolute atomic E-state index is 12.9. The van der Waals surface area contributed by atoms with Crippen molar-refractivity contribution in [3.05, 3.63) is 95.3 Å². The molecule has 0 aliphatic rings. The Labute approximate surface area is 141 Å². The molecule has 0 fully saturated rings. The summed E-state index contributed by atoms with van der Waals surface area (Å²) in [6, 6.07) is 22.7. The number of rotatable bonds is 6. The van der Waals surface area contributed by atoms with E-state index >= 15 is 0 Å². The molecule has 3 aromatic rings. The summed E-state index contributed by atoms with van der Waals surface area (Å²) in [6.07, 6.45) is 0. The Bertz CT molecular complexity index is 717. The zero-order valence-electron chi connectivity index (χ0n) is 13.6. The second-order valence-corrected chi connectivity index (χ2v) is 5.78. The molecule has 122 valence electrons. The molecule has 0 saturated heterocycles. The van der Waals surface area contributed by atoms with Gasteiger partial charge in [-0.2, -0.15) is 0 Å². The highest BCUT2D eigenvalue weighted by molar-refractivity contribution is 5.45. The predicted molar refractivity (Wildman–Crippen MR) is 95.7 cm³/mol. The number of halogens is 1. The molecule has 0 spiro atoms. The standard InChI is InChI=1S/C21H20FNO/c1-16-5-11-20(12-6-16)23-14-18-3-2-4-21(13-18)24-15-17-7-9-19(22)10-8-17/h2-13,23H,14-15H2,1H3. The summed E-state index contributed by atoms with van der Waals surface area (Å²) in [4.78, 5) is 0. The van der Waals surface area contributed by atoms with Crippen LogP contribution in [0, 0.1) is 12.7 Å². The molecule has 2 nitrogen and oxygen atoms in total. The molecule has 0 aliphatic heterocycles. The van der Waals surface area contributed by atoms with Crippen molar-refractivity contribution in [3.63, 3.8) is 0 Å². The van der Waals surface area contributed by atoms with E-state index in [1.54, 1.807) is 12.1 Å². The Hall–Kier alpha value is -2.81. The predicted octanol–water partition coefficient (Wildman–Crippen LogP) is 5.33. The molecule has 0 heterocycles. The molecule has 0 unspecified atom stereocenters. The first kappa shape index (κ1) is 16.1. The van der Waals surface area contributed by atoms with E-state index in [1.807, 2.05) is 18.2 Å². The van der Waals surface area contributed by atoms with Gasteiger partial charge in [-0.1, -0.05) is 42.0 Å². The van der Waals surface area contributed by atoms with Crippen molar-refractivity contribution < 1.29 is 9.13 Å². The van der Waals surface area contributed by atoms with Gasteiger partial charge in [0.1, 0.15) is 18.2 Å². The number of hydrogen-bond acceptors (Lipinski definition) is 2. The second-order valence-electron chi connectivity index (χ2n) is 5.78. The van der Waals surface area contributed by atoms with E-state index < -0.39 is 0 Å². The second kappa shape index (κ2) is 7.64. The summed E-state index contributed by atoms with van der Waals surface area (Å²) >= 11 is 0. The van der Waals surface area contributed by atoms with Gasteiger partial charge in [0.05, 0.1) is 0 Å². The molecule has 24 heavy (non-hydrogen) atoms. The minimum absolute atomic E-state index is 0.233. The molecule has 3 rings (SSSR count). The zero-order valence-corrected chi connectivity index (χ0v) is 13.6. The first-order valence-corrected chi connectivity index (χ1v) is 7.96. The lowest BCUT2D eigenvalue weighted by Crippen LogP contribution is -2.00. The average molecular weight is 321 g/mol. The molecule has 3 heteroatoms. The van der Waals surface area contributed by atoms with Gasteiger partial charge in [0.2, 0.25) is 0 Å². The molecule has 0 aliphatic carbocycles. The van der Waals surface area contributed by atoms with Gasteiger partial charge in [-0.15, -0.1) is 0 Å². The first-order valence-electron chi connectivity index (χ1n) is 7.96. The van der Waals surface area contributed by atoms with Crippen LogP contribution in [0.5, 0.6) is 5.75 Å². The minimum Gasteiger partial charge on any atom is -0.489 e. The van der Waals surface area contributed by atoms with Crippen LogP contribution in [-0.4, -0.2) is 0 Å². The van der Waals surface area contributed by atoms with E-state index in [9.17, 15) is 4.39 Å². The van der Waals surface area contributed by atoms with Gasteiger partial charge in [-0.05, 0) is 54.4 Å². The maximum Gasteiger partial charge on any atom is 0.123 e. The van der Waals surface area contributed by atoms with Gasteiger partial charge in [0.25, 0.3) is 0 Å². The topological polar surface area (TPSA) is 21.3 Å². The van der Waals surface area contributed by atoms with Crippen molar-refractivity contribution >= 4 is 5.69 Å². The fraction of sp³-hybridized carbons (Fsp3) is 0.143. The summed E-state index contributed by atoms with van der Waals surface area (Å²) in [5, 5.41) is 3.40. The Morgan fingerprint density at radius 1 is 0.875 bits per heavy atom. The van der Waals surface area contributed by atoms with Crippen LogP contribution in [0.1, 0.15) is 16.7 Å². The molecule has 0 atom stereocenters. The Morgan fingerprint density at radius 2 is 1.62 bits per heavy atom. The van der Waals surface area contributed by atoms with Crippen LogP contribution < -0.4 is 10.1 Å². The van der Waals surface area contributed by atoms with Crippen LogP contribution in [-0.2, 0) is 13.2 Å². The number of nitrogens with one attached hydrogen (secondary N) is 1. The highest BCUT2D eigenvalue weighted by Crippen LogP contribution is 2.17. The largest absolute Gasteiger partial charge is 0.489 e. The third-order valence-electron chi connectivity index (χ3n) is 3.77. The highest BCUT2D eigenvalue weighted by atomic mass is 19.1. The van der Waals surface area contributed by atoms with Crippen LogP contribution in [0.2, 0.25) is 0 Å². The molecular weight excluding hydrogens is 301 g/mol. The van der Waals surface area contributed by atoms with Crippen LogP contribution in [0.4, 0.5) is 10.1 Å². The Balaban J connectivity index is 1.57. The number of ether oxygens (including phenoxy) is 1. The fourth-order valence-corrected chi connectivity index (χ4v) is 2.37. The number of aryl methyl sites for hydroxylation is 1. The highest BCUT2D eigenvalue weighted by Gasteiger charge is 2.00. The zero-order chi connectivity index (χ0) is 16.8. The summed E-state index contributed by atoms with van der Waals surface area (Å²) in [5.74, 6) is 0.574. The molecule has 1 N–H and O–H groups in total. The van der Waals surface area contributed by atoms with Crippen molar-refractivity contribution in [1.29, 1.82) is 0 Å².